The third-order valence-electron chi connectivity index (χ3n) is 1.72. The molecule has 0 heterocycles. The summed E-state index contributed by atoms with van der Waals surface area (Å²) in [6.07, 6.45) is 0. The summed E-state index contributed by atoms with van der Waals surface area (Å²) >= 11 is 3.34. The fourth-order valence-corrected chi connectivity index (χ4v) is 1.42. The third-order valence-corrected chi connectivity index (χ3v) is 2.22. The maximum atomic E-state index is 11.3. The molecule has 0 aliphatic carbocycles. The Kier molecular flexibility index (Phi) is 3.31. The first-order valence-corrected chi connectivity index (χ1v) is 4.67. The van der Waals surface area contributed by atoms with E-state index in [4.69, 9.17) is 0 Å². The van der Waals surface area contributed by atoms with Crippen molar-refractivity contribution in [3.8, 4) is 0 Å². The molecule has 0 aliphatic heterocycles. The highest BCUT2D eigenvalue weighted by atomic mass is 79.9. The van der Waals surface area contributed by atoms with Gasteiger partial charge in [-0.05, 0) is 18.2 Å². The number of benzene rings is 1. The Hall–Kier alpha value is -1.03. The minimum Gasteiger partial charge on any atom is -0.387 e. The van der Waals surface area contributed by atoms with Crippen LogP contribution in [0.1, 0.15) is 10.4 Å². The second-order valence-electron chi connectivity index (χ2n) is 2.52. The van der Waals surface area contributed by atoms with E-state index in [-0.39, 0.29) is 5.91 Å². The number of carbonyl (C=O) groups is 1. The Morgan fingerprint density at radius 1 is 1.38 bits per heavy atom. The van der Waals surface area contributed by atoms with Crippen LogP contribution in [0.5, 0.6) is 0 Å². The highest BCUT2D eigenvalue weighted by molar-refractivity contribution is 9.10. The quantitative estimate of drug-likeness (QED) is 0.832. The lowest BCUT2D eigenvalue weighted by Crippen LogP contribution is -2.19. The summed E-state index contributed by atoms with van der Waals surface area (Å²) in [5.41, 5.74) is 1.46. The SMILES string of the molecule is CNC(=O)c1ccc(Br)cc1NC. The topological polar surface area (TPSA) is 41.1 Å². The van der Waals surface area contributed by atoms with Crippen molar-refractivity contribution >= 4 is 27.5 Å². The number of hydrogen-bond acceptors (Lipinski definition) is 2. The molecule has 1 aromatic carbocycles. The molecule has 0 aromatic heterocycles. The van der Waals surface area contributed by atoms with Crippen LogP contribution in [0.3, 0.4) is 0 Å². The molecule has 1 amide bonds. The predicted molar refractivity (Wildman–Crippen MR) is 57.1 cm³/mol. The molecule has 0 spiro atoms. The lowest BCUT2D eigenvalue weighted by Gasteiger charge is -2.07. The van der Waals surface area contributed by atoms with Crippen molar-refractivity contribution in [3.05, 3.63) is 28.2 Å². The minimum absolute atomic E-state index is 0.0862. The van der Waals surface area contributed by atoms with Gasteiger partial charge in [-0.3, -0.25) is 4.79 Å². The fraction of sp³-hybridized carbons (Fsp3) is 0.222. The van der Waals surface area contributed by atoms with Crippen molar-refractivity contribution in [3.63, 3.8) is 0 Å². The molecule has 0 atom stereocenters. The van der Waals surface area contributed by atoms with Crippen molar-refractivity contribution in [2.45, 2.75) is 0 Å². The molecule has 0 aliphatic rings. The van der Waals surface area contributed by atoms with Crippen LogP contribution in [0.2, 0.25) is 0 Å². The van der Waals surface area contributed by atoms with Gasteiger partial charge in [0.25, 0.3) is 5.91 Å². The summed E-state index contributed by atoms with van der Waals surface area (Å²) in [5.74, 6) is -0.0862. The number of anilines is 1. The largest absolute Gasteiger partial charge is 0.387 e. The van der Waals surface area contributed by atoms with Crippen LogP contribution in [-0.4, -0.2) is 20.0 Å². The second-order valence-corrected chi connectivity index (χ2v) is 3.43. The van der Waals surface area contributed by atoms with Gasteiger partial charge in [0.05, 0.1) is 5.56 Å². The van der Waals surface area contributed by atoms with Crippen LogP contribution < -0.4 is 10.6 Å². The van der Waals surface area contributed by atoms with Gasteiger partial charge in [0.15, 0.2) is 0 Å². The molecule has 0 saturated carbocycles. The van der Waals surface area contributed by atoms with E-state index >= 15 is 0 Å². The summed E-state index contributed by atoms with van der Waals surface area (Å²) in [4.78, 5) is 11.3. The first-order valence-electron chi connectivity index (χ1n) is 3.88. The van der Waals surface area contributed by atoms with Gasteiger partial charge < -0.3 is 10.6 Å². The number of carbonyl (C=O) groups excluding carboxylic acids is 1. The predicted octanol–water partition coefficient (Wildman–Crippen LogP) is 1.85. The van der Waals surface area contributed by atoms with Crippen LogP contribution in [0.15, 0.2) is 22.7 Å². The molecule has 70 valence electrons. The van der Waals surface area contributed by atoms with Gasteiger partial charge >= 0.3 is 0 Å². The van der Waals surface area contributed by atoms with Gasteiger partial charge in [-0.25, -0.2) is 0 Å². The van der Waals surface area contributed by atoms with Gasteiger partial charge in [0.2, 0.25) is 0 Å². The minimum atomic E-state index is -0.0862. The normalized spacial score (nSPS) is 9.46. The van der Waals surface area contributed by atoms with E-state index in [1.165, 1.54) is 0 Å². The number of hydrogen-bond donors (Lipinski definition) is 2. The zero-order valence-electron chi connectivity index (χ0n) is 7.52. The molecule has 4 heteroatoms. The van der Waals surface area contributed by atoms with Crippen LogP contribution in [0, 0.1) is 0 Å². The Morgan fingerprint density at radius 3 is 2.62 bits per heavy atom. The van der Waals surface area contributed by atoms with Crippen LogP contribution in [0.25, 0.3) is 0 Å². The average molecular weight is 243 g/mol. The molecule has 0 radical (unpaired) electrons. The van der Waals surface area contributed by atoms with Crippen LogP contribution in [-0.2, 0) is 0 Å². The van der Waals surface area contributed by atoms with Crippen LogP contribution in [0.4, 0.5) is 5.69 Å². The number of nitrogens with one attached hydrogen (secondary N) is 2. The summed E-state index contributed by atoms with van der Waals surface area (Å²) in [6.45, 7) is 0. The standard InChI is InChI=1S/C9H11BrN2O/c1-11-8-5-6(10)3-4-7(8)9(13)12-2/h3-5,11H,1-2H3,(H,12,13). The maximum absolute atomic E-state index is 11.3. The van der Waals surface area contributed by atoms with Crippen molar-refractivity contribution in [1.29, 1.82) is 0 Å². The van der Waals surface area contributed by atoms with E-state index in [9.17, 15) is 4.79 Å². The van der Waals surface area contributed by atoms with E-state index in [0.29, 0.717) is 5.56 Å². The average Bonchev–Trinajstić information content (AvgIpc) is 2.16. The molecule has 1 aromatic rings. The monoisotopic (exact) mass is 242 g/mol. The molecular weight excluding hydrogens is 232 g/mol. The van der Waals surface area contributed by atoms with Crippen molar-refractivity contribution < 1.29 is 4.79 Å². The summed E-state index contributed by atoms with van der Waals surface area (Å²) in [7, 11) is 3.40. The third kappa shape index (κ3) is 2.21. The first kappa shape index (κ1) is 10.1. The molecule has 0 unspecified atom stereocenters. The van der Waals surface area contributed by atoms with Crippen LogP contribution >= 0.6 is 15.9 Å². The Morgan fingerprint density at radius 2 is 2.08 bits per heavy atom. The van der Waals surface area contributed by atoms with Gasteiger partial charge in [-0.1, -0.05) is 15.9 Å². The molecule has 0 bridgehead atoms. The number of halogens is 1. The van der Waals surface area contributed by atoms with Gasteiger partial charge in [-0.15, -0.1) is 0 Å². The molecular formula is C9H11BrN2O. The summed E-state index contributed by atoms with van der Waals surface area (Å²) in [5, 5.41) is 5.54. The molecule has 2 N–H and O–H groups in total. The van der Waals surface area contributed by atoms with E-state index in [1.807, 2.05) is 12.1 Å². The van der Waals surface area contributed by atoms with E-state index in [1.54, 1.807) is 20.2 Å². The Labute approximate surface area is 85.7 Å². The Balaban J connectivity index is 3.13. The van der Waals surface area contributed by atoms with E-state index in [2.05, 4.69) is 26.6 Å². The summed E-state index contributed by atoms with van der Waals surface area (Å²) < 4.78 is 0.949. The van der Waals surface area contributed by atoms with Gasteiger partial charge in [-0.2, -0.15) is 0 Å². The molecule has 1 rings (SSSR count). The lowest BCUT2D eigenvalue weighted by atomic mass is 10.1. The lowest BCUT2D eigenvalue weighted by molar-refractivity contribution is 0.0964. The van der Waals surface area contributed by atoms with Crippen molar-refractivity contribution in [2.75, 3.05) is 19.4 Å². The highest BCUT2D eigenvalue weighted by Crippen LogP contribution is 2.20. The van der Waals surface area contributed by atoms with E-state index in [0.717, 1.165) is 10.2 Å². The van der Waals surface area contributed by atoms with Gasteiger partial charge in [0, 0.05) is 24.3 Å². The first-order chi connectivity index (χ1) is 6.19. The number of rotatable bonds is 2. The fourth-order valence-electron chi connectivity index (χ4n) is 1.06. The molecule has 13 heavy (non-hydrogen) atoms. The molecule has 3 nitrogen and oxygen atoms in total. The maximum Gasteiger partial charge on any atom is 0.253 e. The van der Waals surface area contributed by atoms with Gasteiger partial charge in [0.1, 0.15) is 0 Å². The Bertz CT molecular complexity index is 325. The zero-order chi connectivity index (χ0) is 9.84. The molecule has 0 fully saturated rings. The van der Waals surface area contributed by atoms with E-state index < -0.39 is 0 Å². The molecule has 0 saturated heterocycles. The highest BCUT2D eigenvalue weighted by Gasteiger charge is 2.08. The summed E-state index contributed by atoms with van der Waals surface area (Å²) in [6, 6.07) is 5.48. The second kappa shape index (κ2) is 4.28. The van der Waals surface area contributed by atoms with Crippen molar-refractivity contribution in [1.82, 2.24) is 5.32 Å². The number of amides is 1. The van der Waals surface area contributed by atoms with Crippen molar-refractivity contribution in [2.24, 2.45) is 0 Å². The smallest absolute Gasteiger partial charge is 0.253 e. The zero-order valence-corrected chi connectivity index (χ0v) is 9.10.